The van der Waals surface area contributed by atoms with Crippen molar-refractivity contribution in [3.63, 3.8) is 0 Å². The van der Waals surface area contributed by atoms with Gasteiger partial charge in [0.2, 0.25) is 0 Å². The van der Waals surface area contributed by atoms with Crippen LogP contribution in [0.5, 0.6) is 5.75 Å². The van der Waals surface area contributed by atoms with Gasteiger partial charge in [0.05, 0.1) is 16.6 Å². The number of unbranched alkanes of at least 4 members (excludes halogenated alkanes) is 3. The highest BCUT2D eigenvalue weighted by Crippen LogP contribution is 2.40. The SMILES string of the molecule is CCCCCCOc1c(Cl)cc(Cl)c([N+](=O)[O-])c1C(=O)O. The van der Waals surface area contributed by atoms with E-state index in [1.54, 1.807) is 0 Å². The van der Waals surface area contributed by atoms with Crippen LogP contribution in [0.15, 0.2) is 6.07 Å². The summed E-state index contributed by atoms with van der Waals surface area (Å²) < 4.78 is 5.35. The van der Waals surface area contributed by atoms with Gasteiger partial charge in [0, 0.05) is 0 Å². The van der Waals surface area contributed by atoms with Gasteiger partial charge < -0.3 is 9.84 Å². The minimum absolute atomic E-state index is 0.0570. The molecule has 0 saturated carbocycles. The van der Waals surface area contributed by atoms with Crippen LogP contribution in [-0.4, -0.2) is 22.6 Å². The van der Waals surface area contributed by atoms with Gasteiger partial charge in [-0.15, -0.1) is 0 Å². The Bertz CT molecular complexity index is 548. The number of benzene rings is 1. The van der Waals surface area contributed by atoms with Crippen LogP contribution in [0.3, 0.4) is 0 Å². The Morgan fingerprint density at radius 2 is 2.00 bits per heavy atom. The van der Waals surface area contributed by atoms with Gasteiger partial charge in [0.15, 0.2) is 11.3 Å². The van der Waals surface area contributed by atoms with Crippen LogP contribution in [0.1, 0.15) is 43.0 Å². The van der Waals surface area contributed by atoms with Crippen LogP contribution in [-0.2, 0) is 0 Å². The molecule has 1 aromatic carbocycles. The molecule has 0 aromatic heterocycles. The van der Waals surface area contributed by atoms with Crippen molar-refractivity contribution in [2.24, 2.45) is 0 Å². The van der Waals surface area contributed by atoms with E-state index in [9.17, 15) is 20.0 Å². The number of halogens is 2. The molecule has 21 heavy (non-hydrogen) atoms. The summed E-state index contributed by atoms with van der Waals surface area (Å²) in [6.45, 7) is 2.29. The van der Waals surface area contributed by atoms with Crippen LogP contribution < -0.4 is 4.74 Å². The third-order valence-corrected chi connectivity index (χ3v) is 3.37. The Hall–Kier alpha value is -1.53. The lowest BCUT2D eigenvalue weighted by Gasteiger charge is -2.12. The summed E-state index contributed by atoms with van der Waals surface area (Å²) in [6.07, 6.45) is 3.71. The van der Waals surface area contributed by atoms with E-state index in [1.165, 1.54) is 0 Å². The van der Waals surface area contributed by atoms with E-state index >= 15 is 0 Å². The van der Waals surface area contributed by atoms with Crippen molar-refractivity contribution in [3.05, 3.63) is 31.8 Å². The number of carboxylic acids is 1. The molecule has 0 amide bonds. The fourth-order valence-electron chi connectivity index (χ4n) is 1.81. The zero-order valence-corrected chi connectivity index (χ0v) is 12.9. The minimum Gasteiger partial charge on any atom is -0.491 e. The largest absolute Gasteiger partial charge is 0.491 e. The number of hydrogen-bond acceptors (Lipinski definition) is 4. The number of aromatic carboxylic acids is 1. The number of nitrogens with zero attached hydrogens (tertiary/aromatic N) is 1. The number of nitro benzene ring substituents is 1. The molecule has 0 heterocycles. The molecular weight excluding hydrogens is 321 g/mol. The predicted molar refractivity (Wildman–Crippen MR) is 79.7 cm³/mol. The van der Waals surface area contributed by atoms with Gasteiger partial charge in [-0.25, -0.2) is 4.79 Å². The zero-order valence-electron chi connectivity index (χ0n) is 11.4. The van der Waals surface area contributed by atoms with Gasteiger partial charge in [0.1, 0.15) is 5.02 Å². The normalized spacial score (nSPS) is 10.4. The number of carboxylic acid groups (broad SMARTS) is 1. The van der Waals surface area contributed by atoms with E-state index < -0.39 is 22.1 Å². The van der Waals surface area contributed by atoms with E-state index in [-0.39, 0.29) is 22.4 Å². The molecule has 0 atom stereocenters. The molecule has 1 rings (SSSR count). The monoisotopic (exact) mass is 335 g/mol. The predicted octanol–water partition coefficient (Wildman–Crippen LogP) is 4.56. The van der Waals surface area contributed by atoms with Crippen molar-refractivity contribution in [2.45, 2.75) is 32.6 Å². The lowest BCUT2D eigenvalue weighted by molar-refractivity contribution is -0.385. The Morgan fingerprint density at radius 1 is 1.33 bits per heavy atom. The fraction of sp³-hybridized carbons (Fsp3) is 0.462. The molecule has 1 N–H and O–H groups in total. The van der Waals surface area contributed by atoms with Crippen LogP contribution in [0, 0.1) is 10.1 Å². The molecular formula is C13H15Cl2NO5. The van der Waals surface area contributed by atoms with E-state index in [4.69, 9.17) is 27.9 Å². The molecule has 116 valence electrons. The number of hydrogen-bond donors (Lipinski definition) is 1. The summed E-state index contributed by atoms with van der Waals surface area (Å²) in [6, 6.07) is 1.12. The second kappa shape index (κ2) is 8.05. The Kier molecular flexibility index (Phi) is 6.71. The standard InChI is InChI=1S/C13H15Cl2NO5/c1-2-3-4-5-6-21-12-9(15)7-8(14)11(16(19)20)10(12)13(17)18/h7H,2-6H2,1H3,(H,17,18). The van der Waals surface area contributed by atoms with E-state index in [0.717, 1.165) is 25.3 Å². The van der Waals surface area contributed by atoms with Crippen molar-refractivity contribution in [3.8, 4) is 5.75 Å². The first kappa shape index (κ1) is 17.5. The summed E-state index contributed by atoms with van der Waals surface area (Å²) in [5.41, 5.74) is -1.33. The molecule has 0 radical (unpaired) electrons. The molecule has 6 nitrogen and oxygen atoms in total. The Labute approximate surface area is 131 Å². The summed E-state index contributed by atoms with van der Waals surface area (Å²) in [5, 5.41) is 19.8. The first-order valence-electron chi connectivity index (χ1n) is 6.42. The molecule has 0 bridgehead atoms. The van der Waals surface area contributed by atoms with E-state index in [1.807, 2.05) is 0 Å². The number of carbonyl (C=O) groups is 1. The molecule has 0 saturated heterocycles. The van der Waals surface area contributed by atoms with E-state index in [0.29, 0.717) is 6.42 Å². The third kappa shape index (κ3) is 4.47. The van der Waals surface area contributed by atoms with Crippen LogP contribution >= 0.6 is 23.2 Å². The molecule has 0 aliphatic rings. The first-order chi connectivity index (χ1) is 9.90. The van der Waals surface area contributed by atoms with Crippen molar-refractivity contribution < 1.29 is 19.6 Å². The highest BCUT2D eigenvalue weighted by molar-refractivity contribution is 6.38. The first-order valence-corrected chi connectivity index (χ1v) is 7.18. The quantitative estimate of drug-likeness (QED) is 0.427. The van der Waals surface area contributed by atoms with Crippen LogP contribution in [0.25, 0.3) is 0 Å². The highest BCUT2D eigenvalue weighted by Gasteiger charge is 2.31. The second-order valence-electron chi connectivity index (χ2n) is 4.36. The average molecular weight is 336 g/mol. The molecule has 0 spiro atoms. The smallest absolute Gasteiger partial charge is 0.346 e. The van der Waals surface area contributed by atoms with Gasteiger partial charge >= 0.3 is 11.7 Å². The molecule has 8 heteroatoms. The van der Waals surface area contributed by atoms with Gasteiger partial charge in [-0.05, 0) is 12.5 Å². The van der Waals surface area contributed by atoms with Gasteiger partial charge in [-0.1, -0.05) is 49.4 Å². The lowest BCUT2D eigenvalue weighted by atomic mass is 10.1. The Balaban J connectivity index is 3.09. The maximum Gasteiger partial charge on any atom is 0.346 e. The van der Waals surface area contributed by atoms with Crippen molar-refractivity contribution >= 4 is 34.9 Å². The highest BCUT2D eigenvalue weighted by atomic mass is 35.5. The number of nitro groups is 1. The van der Waals surface area contributed by atoms with Crippen LogP contribution in [0.4, 0.5) is 5.69 Å². The summed E-state index contributed by atoms with van der Waals surface area (Å²) >= 11 is 11.6. The summed E-state index contributed by atoms with van der Waals surface area (Å²) in [5.74, 6) is -1.72. The minimum atomic E-state index is -1.50. The van der Waals surface area contributed by atoms with Crippen molar-refractivity contribution in [2.75, 3.05) is 6.61 Å². The lowest BCUT2D eigenvalue weighted by Crippen LogP contribution is -2.09. The van der Waals surface area contributed by atoms with Crippen molar-refractivity contribution in [1.29, 1.82) is 0 Å². The molecule has 1 aromatic rings. The average Bonchev–Trinajstić information content (AvgIpc) is 2.39. The Morgan fingerprint density at radius 3 is 2.52 bits per heavy atom. The van der Waals surface area contributed by atoms with Crippen molar-refractivity contribution in [1.82, 2.24) is 0 Å². The molecule has 0 unspecified atom stereocenters. The second-order valence-corrected chi connectivity index (χ2v) is 5.18. The topological polar surface area (TPSA) is 89.7 Å². The molecule has 0 aliphatic carbocycles. The summed E-state index contributed by atoms with van der Waals surface area (Å²) in [4.78, 5) is 21.4. The summed E-state index contributed by atoms with van der Waals surface area (Å²) in [7, 11) is 0. The number of ether oxygens (including phenoxy) is 1. The van der Waals surface area contributed by atoms with E-state index in [2.05, 4.69) is 6.92 Å². The maximum atomic E-state index is 11.3. The van der Waals surface area contributed by atoms with Gasteiger partial charge in [0.25, 0.3) is 0 Å². The fourth-order valence-corrected chi connectivity index (χ4v) is 2.40. The zero-order chi connectivity index (χ0) is 16.0. The molecule has 0 fully saturated rings. The maximum absolute atomic E-state index is 11.3. The van der Waals surface area contributed by atoms with Gasteiger partial charge in [-0.2, -0.15) is 0 Å². The number of rotatable bonds is 8. The van der Waals surface area contributed by atoms with Crippen LogP contribution in [0.2, 0.25) is 10.0 Å². The van der Waals surface area contributed by atoms with Gasteiger partial charge in [-0.3, -0.25) is 10.1 Å². The third-order valence-electron chi connectivity index (χ3n) is 2.80. The molecule has 0 aliphatic heterocycles.